The van der Waals surface area contributed by atoms with Crippen LogP contribution >= 0.6 is 11.6 Å². The van der Waals surface area contributed by atoms with Crippen molar-refractivity contribution in [2.24, 2.45) is 0 Å². The molecule has 0 aromatic heterocycles. The highest BCUT2D eigenvalue weighted by atomic mass is 35.5. The molecule has 0 bridgehead atoms. The Balaban J connectivity index is 1.89. The number of carbonyl (C=O) groups excluding carboxylic acids is 1. The van der Waals surface area contributed by atoms with E-state index in [0.717, 1.165) is 30.8 Å². The van der Waals surface area contributed by atoms with E-state index in [1.807, 2.05) is 12.1 Å². The number of carbonyl (C=O) groups is 1. The molecule has 18 heavy (non-hydrogen) atoms. The molecule has 1 aromatic carbocycles. The molecule has 1 aromatic rings. The number of halogens is 1. The smallest absolute Gasteiger partial charge is 0.217 e. The first-order chi connectivity index (χ1) is 8.63. The van der Waals surface area contributed by atoms with Crippen LogP contribution < -0.4 is 10.6 Å². The number of rotatable bonds is 3. The Bertz CT molecular complexity index is 405. The van der Waals surface area contributed by atoms with Crippen molar-refractivity contribution in [1.29, 1.82) is 0 Å². The number of benzene rings is 1. The lowest BCUT2D eigenvalue weighted by Crippen LogP contribution is -2.48. The van der Waals surface area contributed by atoms with Gasteiger partial charge in [-0.1, -0.05) is 23.7 Å². The van der Waals surface area contributed by atoms with E-state index < -0.39 is 0 Å². The van der Waals surface area contributed by atoms with E-state index in [1.165, 1.54) is 5.56 Å². The van der Waals surface area contributed by atoms with Gasteiger partial charge in [-0.25, -0.2) is 0 Å². The molecule has 0 saturated carbocycles. The van der Waals surface area contributed by atoms with Gasteiger partial charge >= 0.3 is 0 Å². The third-order valence-electron chi connectivity index (χ3n) is 3.30. The molecule has 0 spiro atoms. The largest absolute Gasteiger partial charge is 0.354 e. The second-order valence-corrected chi connectivity index (χ2v) is 5.34. The second-order valence-electron chi connectivity index (χ2n) is 4.90. The standard InChI is InChI=1S/C14H19ClN2O/c1-10(18)17-13-6-7-16-14(9-13)8-11-2-4-12(15)5-3-11/h2-5,13-14,16H,6-9H2,1H3,(H,17,18)/t13-,14-/m1/s1. The fraction of sp³-hybridized carbons (Fsp3) is 0.500. The van der Waals surface area contributed by atoms with E-state index >= 15 is 0 Å². The van der Waals surface area contributed by atoms with Gasteiger partial charge < -0.3 is 10.6 Å². The number of hydrogen-bond acceptors (Lipinski definition) is 2. The second kappa shape index (κ2) is 6.21. The van der Waals surface area contributed by atoms with Crippen molar-refractivity contribution in [1.82, 2.24) is 10.6 Å². The lowest BCUT2D eigenvalue weighted by atomic mass is 9.94. The molecule has 1 aliphatic heterocycles. The normalized spacial score (nSPS) is 23.7. The van der Waals surface area contributed by atoms with Crippen molar-refractivity contribution in [3.8, 4) is 0 Å². The monoisotopic (exact) mass is 266 g/mol. The maximum absolute atomic E-state index is 11.1. The van der Waals surface area contributed by atoms with Crippen molar-refractivity contribution < 1.29 is 4.79 Å². The Labute approximate surface area is 113 Å². The Hall–Kier alpha value is -1.06. The molecule has 2 atom stereocenters. The lowest BCUT2D eigenvalue weighted by Gasteiger charge is -2.30. The van der Waals surface area contributed by atoms with E-state index in [1.54, 1.807) is 6.92 Å². The molecule has 1 aliphatic rings. The van der Waals surface area contributed by atoms with Gasteiger partial charge in [0.15, 0.2) is 0 Å². The van der Waals surface area contributed by atoms with Crippen molar-refractivity contribution in [2.45, 2.75) is 38.3 Å². The predicted octanol–water partition coefficient (Wildman–Crippen LogP) is 2.14. The van der Waals surface area contributed by atoms with Crippen LogP contribution in [0.4, 0.5) is 0 Å². The summed E-state index contributed by atoms with van der Waals surface area (Å²) in [6, 6.07) is 8.70. The highest BCUT2D eigenvalue weighted by molar-refractivity contribution is 6.30. The molecule has 2 N–H and O–H groups in total. The number of piperidine rings is 1. The third-order valence-corrected chi connectivity index (χ3v) is 3.55. The maximum Gasteiger partial charge on any atom is 0.217 e. The molecule has 2 rings (SSSR count). The van der Waals surface area contributed by atoms with E-state index in [4.69, 9.17) is 11.6 Å². The van der Waals surface area contributed by atoms with E-state index in [2.05, 4.69) is 22.8 Å². The fourth-order valence-electron chi connectivity index (χ4n) is 2.49. The molecular weight excluding hydrogens is 248 g/mol. The van der Waals surface area contributed by atoms with Crippen molar-refractivity contribution in [2.75, 3.05) is 6.54 Å². The van der Waals surface area contributed by atoms with Crippen LogP contribution in [0.2, 0.25) is 5.02 Å². The maximum atomic E-state index is 11.1. The quantitative estimate of drug-likeness (QED) is 0.880. The first kappa shape index (κ1) is 13.4. The average Bonchev–Trinajstić information content (AvgIpc) is 2.32. The van der Waals surface area contributed by atoms with Crippen LogP contribution in [0.15, 0.2) is 24.3 Å². The summed E-state index contributed by atoms with van der Waals surface area (Å²) in [4.78, 5) is 11.1. The Kier molecular flexibility index (Phi) is 4.61. The van der Waals surface area contributed by atoms with Crippen LogP contribution in [0.5, 0.6) is 0 Å². The van der Waals surface area contributed by atoms with Crippen molar-refractivity contribution in [3.63, 3.8) is 0 Å². The highest BCUT2D eigenvalue weighted by Crippen LogP contribution is 2.15. The Morgan fingerprint density at radius 3 is 2.83 bits per heavy atom. The Morgan fingerprint density at radius 1 is 1.44 bits per heavy atom. The van der Waals surface area contributed by atoms with Crippen molar-refractivity contribution >= 4 is 17.5 Å². The molecule has 1 saturated heterocycles. The zero-order valence-electron chi connectivity index (χ0n) is 10.6. The fourth-order valence-corrected chi connectivity index (χ4v) is 2.61. The SMILES string of the molecule is CC(=O)N[C@@H]1CCN[C@H](Cc2ccc(Cl)cc2)C1. The van der Waals surface area contributed by atoms with Gasteiger partial charge in [-0.2, -0.15) is 0 Å². The highest BCUT2D eigenvalue weighted by Gasteiger charge is 2.21. The van der Waals surface area contributed by atoms with Crippen LogP contribution in [0.25, 0.3) is 0 Å². The zero-order chi connectivity index (χ0) is 13.0. The van der Waals surface area contributed by atoms with Crippen LogP contribution in [0, 0.1) is 0 Å². The summed E-state index contributed by atoms with van der Waals surface area (Å²) in [7, 11) is 0. The van der Waals surface area contributed by atoms with Gasteiger partial charge in [-0.15, -0.1) is 0 Å². The van der Waals surface area contributed by atoms with Gasteiger partial charge in [-0.3, -0.25) is 4.79 Å². The van der Waals surface area contributed by atoms with Crippen LogP contribution in [0.3, 0.4) is 0 Å². The summed E-state index contributed by atoms with van der Waals surface area (Å²) >= 11 is 5.87. The topological polar surface area (TPSA) is 41.1 Å². The molecule has 4 heteroatoms. The summed E-state index contributed by atoms with van der Waals surface area (Å²) in [5.41, 5.74) is 1.28. The van der Waals surface area contributed by atoms with Gasteiger partial charge in [0.25, 0.3) is 0 Å². The van der Waals surface area contributed by atoms with Gasteiger partial charge in [0.05, 0.1) is 0 Å². The minimum Gasteiger partial charge on any atom is -0.354 e. The predicted molar refractivity (Wildman–Crippen MR) is 73.8 cm³/mol. The van der Waals surface area contributed by atoms with E-state index in [0.29, 0.717) is 12.1 Å². The molecule has 0 aliphatic carbocycles. The summed E-state index contributed by atoms with van der Waals surface area (Å²) in [6.07, 6.45) is 2.98. The van der Waals surface area contributed by atoms with Gasteiger partial charge in [0.1, 0.15) is 0 Å². The molecule has 1 fully saturated rings. The van der Waals surface area contributed by atoms with Gasteiger partial charge in [0.2, 0.25) is 5.91 Å². The summed E-state index contributed by atoms with van der Waals surface area (Å²) in [6.45, 7) is 2.54. The van der Waals surface area contributed by atoms with Crippen LogP contribution in [-0.2, 0) is 11.2 Å². The average molecular weight is 267 g/mol. The molecule has 0 unspecified atom stereocenters. The number of hydrogen-bond donors (Lipinski definition) is 2. The summed E-state index contributed by atoms with van der Waals surface area (Å²) < 4.78 is 0. The minimum atomic E-state index is 0.0622. The number of amides is 1. The van der Waals surface area contributed by atoms with Crippen LogP contribution in [-0.4, -0.2) is 24.5 Å². The van der Waals surface area contributed by atoms with Gasteiger partial charge in [-0.05, 0) is 43.5 Å². The molecule has 1 amide bonds. The van der Waals surface area contributed by atoms with Crippen LogP contribution in [0.1, 0.15) is 25.3 Å². The molecule has 1 heterocycles. The summed E-state index contributed by atoms with van der Waals surface area (Å²) in [5.74, 6) is 0.0622. The summed E-state index contributed by atoms with van der Waals surface area (Å²) in [5, 5.41) is 7.28. The van der Waals surface area contributed by atoms with E-state index in [-0.39, 0.29) is 5.91 Å². The molecular formula is C14H19ClN2O. The van der Waals surface area contributed by atoms with E-state index in [9.17, 15) is 4.79 Å². The molecule has 3 nitrogen and oxygen atoms in total. The lowest BCUT2D eigenvalue weighted by molar-refractivity contribution is -0.119. The number of nitrogens with one attached hydrogen (secondary N) is 2. The first-order valence-corrected chi connectivity index (χ1v) is 6.76. The van der Waals surface area contributed by atoms with Crippen molar-refractivity contribution in [3.05, 3.63) is 34.9 Å². The Morgan fingerprint density at radius 2 is 2.17 bits per heavy atom. The van der Waals surface area contributed by atoms with Gasteiger partial charge in [0, 0.05) is 24.0 Å². The zero-order valence-corrected chi connectivity index (χ0v) is 11.3. The third kappa shape index (κ3) is 4.00. The first-order valence-electron chi connectivity index (χ1n) is 6.38. The molecule has 98 valence electrons. The minimum absolute atomic E-state index is 0.0622. The molecule has 0 radical (unpaired) electrons.